The minimum atomic E-state index is -0.375. The van der Waals surface area contributed by atoms with Gasteiger partial charge in [0.15, 0.2) is 17.5 Å². The summed E-state index contributed by atoms with van der Waals surface area (Å²) in [5.41, 5.74) is 2.85. The van der Waals surface area contributed by atoms with Crippen LogP contribution in [-0.4, -0.2) is 24.6 Å². The van der Waals surface area contributed by atoms with Crippen molar-refractivity contribution >= 4 is 5.96 Å². The quantitative estimate of drug-likeness (QED) is 0.623. The lowest BCUT2D eigenvalue weighted by molar-refractivity contribution is 0.386. The van der Waals surface area contributed by atoms with Gasteiger partial charge in [-0.2, -0.15) is 0 Å². The van der Waals surface area contributed by atoms with Crippen molar-refractivity contribution in [3.05, 3.63) is 59.2 Å². The Morgan fingerprint density at radius 3 is 2.80 bits per heavy atom. The summed E-state index contributed by atoms with van der Waals surface area (Å²) in [7, 11) is 1.45. The van der Waals surface area contributed by atoms with Gasteiger partial charge in [0.1, 0.15) is 0 Å². The smallest absolute Gasteiger partial charge is 0.192 e. The number of pyridine rings is 1. The Balaban J connectivity index is 2.11. The Morgan fingerprint density at radius 2 is 2.16 bits per heavy atom. The Morgan fingerprint density at radius 1 is 1.36 bits per heavy atom. The zero-order valence-corrected chi connectivity index (χ0v) is 15.1. The van der Waals surface area contributed by atoms with E-state index in [0.717, 1.165) is 23.4 Å². The molecule has 5 nitrogen and oxygen atoms in total. The maximum Gasteiger partial charge on any atom is 0.192 e. The maximum atomic E-state index is 13.9. The van der Waals surface area contributed by atoms with Gasteiger partial charge in [-0.15, -0.1) is 0 Å². The summed E-state index contributed by atoms with van der Waals surface area (Å²) < 4.78 is 18.9. The van der Waals surface area contributed by atoms with Crippen LogP contribution in [0.25, 0.3) is 0 Å². The first-order valence-electron chi connectivity index (χ1n) is 8.34. The molecule has 0 fully saturated rings. The third kappa shape index (κ3) is 5.17. The molecule has 0 aliphatic carbocycles. The molecule has 0 saturated carbocycles. The van der Waals surface area contributed by atoms with Gasteiger partial charge in [0.05, 0.1) is 25.4 Å². The van der Waals surface area contributed by atoms with E-state index in [0.29, 0.717) is 12.5 Å². The number of rotatable bonds is 6. The molecule has 1 atom stereocenters. The molecule has 0 saturated heterocycles. The van der Waals surface area contributed by atoms with E-state index in [9.17, 15) is 4.39 Å². The summed E-state index contributed by atoms with van der Waals surface area (Å²) in [5.74, 6) is 0.526. The van der Waals surface area contributed by atoms with Crippen molar-refractivity contribution in [1.29, 1.82) is 0 Å². The van der Waals surface area contributed by atoms with Gasteiger partial charge < -0.3 is 15.4 Å². The molecule has 0 aliphatic heterocycles. The molecule has 6 heteroatoms. The minimum Gasteiger partial charge on any atom is -0.494 e. The number of benzene rings is 1. The van der Waals surface area contributed by atoms with Gasteiger partial charge in [-0.05, 0) is 50.1 Å². The largest absolute Gasteiger partial charge is 0.494 e. The Labute approximate surface area is 148 Å². The van der Waals surface area contributed by atoms with Crippen LogP contribution in [0.2, 0.25) is 0 Å². The lowest BCUT2D eigenvalue weighted by Gasteiger charge is -2.18. The van der Waals surface area contributed by atoms with E-state index in [2.05, 4.69) is 20.6 Å². The number of hydrogen-bond acceptors (Lipinski definition) is 3. The average molecular weight is 344 g/mol. The SMILES string of the molecule is CCNC(=NCc1ncccc1C)NC(C)c1ccc(OC)c(F)c1. The van der Waals surface area contributed by atoms with E-state index in [1.165, 1.54) is 13.2 Å². The molecule has 2 aromatic rings. The molecule has 134 valence electrons. The summed E-state index contributed by atoms with van der Waals surface area (Å²) in [6.45, 7) is 7.18. The molecule has 1 aromatic heterocycles. The van der Waals surface area contributed by atoms with Crippen molar-refractivity contribution in [3.63, 3.8) is 0 Å². The highest BCUT2D eigenvalue weighted by Crippen LogP contribution is 2.21. The van der Waals surface area contributed by atoms with Crippen LogP contribution in [0.5, 0.6) is 5.75 Å². The van der Waals surface area contributed by atoms with Crippen molar-refractivity contribution < 1.29 is 9.13 Å². The van der Waals surface area contributed by atoms with Gasteiger partial charge in [0.25, 0.3) is 0 Å². The first-order chi connectivity index (χ1) is 12.0. The third-order valence-corrected chi connectivity index (χ3v) is 3.88. The molecule has 1 unspecified atom stereocenters. The second kappa shape index (κ2) is 9.01. The van der Waals surface area contributed by atoms with Crippen LogP contribution in [0.15, 0.2) is 41.5 Å². The fourth-order valence-electron chi connectivity index (χ4n) is 2.40. The number of hydrogen-bond donors (Lipinski definition) is 2. The van der Waals surface area contributed by atoms with Crippen LogP contribution in [-0.2, 0) is 6.54 Å². The summed E-state index contributed by atoms with van der Waals surface area (Å²) in [5, 5.41) is 6.50. The maximum absolute atomic E-state index is 13.9. The Hall–Kier alpha value is -2.63. The molecular formula is C19H25FN4O. The van der Waals surface area contributed by atoms with E-state index >= 15 is 0 Å². The molecule has 0 aliphatic rings. The number of halogens is 1. The second-order valence-corrected chi connectivity index (χ2v) is 5.72. The van der Waals surface area contributed by atoms with Gasteiger partial charge in [-0.3, -0.25) is 4.98 Å². The summed E-state index contributed by atoms with van der Waals surface area (Å²) >= 11 is 0. The number of guanidine groups is 1. The molecule has 2 N–H and O–H groups in total. The van der Waals surface area contributed by atoms with Gasteiger partial charge in [-0.1, -0.05) is 12.1 Å². The lowest BCUT2D eigenvalue weighted by Crippen LogP contribution is -2.38. The van der Waals surface area contributed by atoms with Crippen LogP contribution in [0, 0.1) is 12.7 Å². The van der Waals surface area contributed by atoms with Gasteiger partial charge in [-0.25, -0.2) is 9.38 Å². The van der Waals surface area contributed by atoms with Gasteiger partial charge >= 0.3 is 0 Å². The van der Waals surface area contributed by atoms with E-state index < -0.39 is 0 Å². The van der Waals surface area contributed by atoms with Crippen LogP contribution in [0.4, 0.5) is 4.39 Å². The van der Waals surface area contributed by atoms with E-state index in [4.69, 9.17) is 4.74 Å². The second-order valence-electron chi connectivity index (χ2n) is 5.72. The fraction of sp³-hybridized carbons (Fsp3) is 0.368. The molecule has 2 rings (SSSR count). The molecule has 0 radical (unpaired) electrons. The van der Waals surface area contributed by atoms with Crippen LogP contribution >= 0.6 is 0 Å². The fourth-order valence-corrected chi connectivity index (χ4v) is 2.40. The number of aliphatic imine (C=N–C) groups is 1. The van der Waals surface area contributed by atoms with Crippen LogP contribution < -0.4 is 15.4 Å². The standard InChI is InChI=1S/C19H25FN4O/c1-5-21-19(23-12-17-13(2)7-6-10-22-17)24-14(3)15-8-9-18(25-4)16(20)11-15/h6-11,14H,5,12H2,1-4H3,(H2,21,23,24). The molecule has 0 amide bonds. The first kappa shape index (κ1) is 18.7. The highest BCUT2D eigenvalue weighted by atomic mass is 19.1. The third-order valence-electron chi connectivity index (χ3n) is 3.88. The molecule has 1 heterocycles. The number of aryl methyl sites for hydroxylation is 1. The van der Waals surface area contributed by atoms with E-state index in [1.54, 1.807) is 12.3 Å². The minimum absolute atomic E-state index is 0.108. The highest BCUT2D eigenvalue weighted by molar-refractivity contribution is 5.80. The summed E-state index contributed by atoms with van der Waals surface area (Å²) in [6.07, 6.45) is 1.76. The zero-order valence-electron chi connectivity index (χ0n) is 15.1. The van der Waals surface area contributed by atoms with Crippen molar-refractivity contribution in [2.45, 2.75) is 33.4 Å². The van der Waals surface area contributed by atoms with Gasteiger partial charge in [0.2, 0.25) is 0 Å². The van der Waals surface area contributed by atoms with Gasteiger partial charge in [0, 0.05) is 12.7 Å². The number of methoxy groups -OCH3 is 1. The van der Waals surface area contributed by atoms with Crippen molar-refractivity contribution in [2.24, 2.45) is 4.99 Å². The highest BCUT2D eigenvalue weighted by Gasteiger charge is 2.11. The average Bonchev–Trinajstić information content (AvgIpc) is 2.61. The van der Waals surface area contributed by atoms with Crippen LogP contribution in [0.1, 0.15) is 36.7 Å². The first-order valence-corrected chi connectivity index (χ1v) is 8.34. The molecule has 0 spiro atoms. The van der Waals surface area contributed by atoms with Crippen molar-refractivity contribution in [1.82, 2.24) is 15.6 Å². The number of nitrogens with zero attached hydrogens (tertiary/aromatic N) is 2. The monoisotopic (exact) mass is 344 g/mol. The summed E-state index contributed by atoms with van der Waals surface area (Å²) in [4.78, 5) is 8.93. The van der Waals surface area contributed by atoms with E-state index in [-0.39, 0.29) is 17.6 Å². The predicted molar refractivity (Wildman–Crippen MR) is 98.3 cm³/mol. The Kier molecular flexibility index (Phi) is 6.74. The molecule has 25 heavy (non-hydrogen) atoms. The topological polar surface area (TPSA) is 58.5 Å². The summed E-state index contributed by atoms with van der Waals surface area (Å²) in [6, 6.07) is 8.76. The molecule has 0 bridgehead atoms. The van der Waals surface area contributed by atoms with E-state index in [1.807, 2.05) is 39.0 Å². The zero-order chi connectivity index (χ0) is 18.2. The molecular weight excluding hydrogens is 319 g/mol. The predicted octanol–water partition coefficient (Wildman–Crippen LogP) is 3.35. The lowest BCUT2D eigenvalue weighted by atomic mass is 10.1. The normalized spacial score (nSPS) is 12.6. The van der Waals surface area contributed by atoms with Crippen molar-refractivity contribution in [2.75, 3.05) is 13.7 Å². The number of ether oxygens (including phenoxy) is 1. The molecule has 1 aromatic carbocycles. The Bertz CT molecular complexity index is 733. The van der Waals surface area contributed by atoms with Crippen molar-refractivity contribution in [3.8, 4) is 5.75 Å². The number of aromatic nitrogens is 1. The van der Waals surface area contributed by atoms with Crippen LogP contribution in [0.3, 0.4) is 0 Å². The number of nitrogens with one attached hydrogen (secondary N) is 2.